The average Bonchev–Trinajstić information content (AvgIpc) is 3.09. The maximum absolute atomic E-state index is 12.6. The van der Waals surface area contributed by atoms with Gasteiger partial charge >= 0.3 is 6.03 Å². The summed E-state index contributed by atoms with van der Waals surface area (Å²) >= 11 is 0. The van der Waals surface area contributed by atoms with E-state index in [1.54, 1.807) is 4.68 Å². The molecule has 0 aliphatic carbocycles. The van der Waals surface area contributed by atoms with Gasteiger partial charge in [0, 0.05) is 49.9 Å². The Morgan fingerprint density at radius 2 is 2.00 bits per heavy atom. The van der Waals surface area contributed by atoms with Crippen molar-refractivity contribution in [2.75, 3.05) is 32.0 Å². The lowest BCUT2D eigenvalue weighted by molar-refractivity contribution is 0.125. The molecule has 1 N–H and O–H groups in total. The second-order valence-electron chi connectivity index (χ2n) is 7.11. The monoisotopic (exact) mass is 365 g/mol. The van der Waals surface area contributed by atoms with E-state index in [9.17, 15) is 4.79 Å². The predicted molar refractivity (Wildman–Crippen MR) is 104 cm³/mol. The fraction of sp³-hybridized carbons (Fsp3) is 0.368. The lowest BCUT2D eigenvalue weighted by Crippen LogP contribution is -2.53. The lowest BCUT2D eigenvalue weighted by Gasteiger charge is -2.37. The van der Waals surface area contributed by atoms with Crippen molar-refractivity contribution in [2.45, 2.75) is 13.0 Å². The number of urea groups is 1. The van der Waals surface area contributed by atoms with Gasteiger partial charge in [-0.05, 0) is 37.7 Å². The van der Waals surface area contributed by atoms with Gasteiger partial charge in [0.05, 0.1) is 11.7 Å². The summed E-state index contributed by atoms with van der Waals surface area (Å²) in [5.74, 6) is 0.461. The number of amides is 2. The van der Waals surface area contributed by atoms with Gasteiger partial charge in [0.15, 0.2) is 5.82 Å². The third kappa shape index (κ3) is 3.61. The Labute approximate surface area is 157 Å². The molecule has 3 heterocycles. The number of carbonyl (C=O) groups excluding carboxylic acids is 1. The second kappa shape index (κ2) is 6.96. The molecule has 1 aromatic carbocycles. The number of carbonyl (C=O) groups is 1. The number of fused-ring (bicyclic) bond motifs is 1. The summed E-state index contributed by atoms with van der Waals surface area (Å²) in [5, 5.41) is 16.4. The average molecular weight is 365 g/mol. The van der Waals surface area contributed by atoms with Crippen LogP contribution in [0.5, 0.6) is 0 Å². The van der Waals surface area contributed by atoms with E-state index >= 15 is 0 Å². The Morgan fingerprint density at radius 3 is 2.74 bits per heavy atom. The minimum absolute atomic E-state index is 0.132. The molecule has 0 spiro atoms. The number of piperazine rings is 1. The molecule has 0 unspecified atom stereocenters. The number of rotatable bonds is 2. The van der Waals surface area contributed by atoms with Gasteiger partial charge in [-0.3, -0.25) is 10.00 Å². The lowest BCUT2D eigenvalue weighted by atomic mass is 10.1. The first-order valence-corrected chi connectivity index (χ1v) is 9.02. The third-order valence-electron chi connectivity index (χ3n) is 5.11. The Hall–Kier alpha value is -3.00. The van der Waals surface area contributed by atoms with Crippen LogP contribution in [0.2, 0.25) is 0 Å². The maximum atomic E-state index is 12.6. The number of benzene rings is 1. The van der Waals surface area contributed by atoms with Crippen LogP contribution in [0.3, 0.4) is 0 Å². The van der Waals surface area contributed by atoms with Crippen molar-refractivity contribution in [3.63, 3.8) is 0 Å². The highest BCUT2D eigenvalue weighted by Gasteiger charge is 2.24. The predicted octanol–water partition coefficient (Wildman–Crippen LogP) is 2.20. The molecular weight excluding hydrogens is 342 g/mol. The van der Waals surface area contributed by atoms with Gasteiger partial charge in [0.2, 0.25) is 0 Å². The number of nitrogens with one attached hydrogen (secondary N) is 1. The summed E-state index contributed by atoms with van der Waals surface area (Å²) < 4.78 is 1.77. The topological polar surface area (TPSA) is 79.2 Å². The molecule has 1 fully saturated rings. The molecule has 2 amide bonds. The molecule has 27 heavy (non-hydrogen) atoms. The van der Waals surface area contributed by atoms with Crippen molar-refractivity contribution < 1.29 is 4.79 Å². The molecule has 1 saturated heterocycles. The zero-order chi connectivity index (χ0) is 19.0. The molecule has 2 aromatic heterocycles. The SMILES string of the molecule is C[C@@H]1CN(C(=O)Nc2cc3cc(-c4cnn(C)c4)ccc3nn2)CCN1C. The summed E-state index contributed by atoms with van der Waals surface area (Å²) in [7, 11) is 3.97. The summed E-state index contributed by atoms with van der Waals surface area (Å²) in [6.07, 6.45) is 3.79. The number of hydrogen-bond donors (Lipinski definition) is 1. The summed E-state index contributed by atoms with van der Waals surface area (Å²) in [6.45, 7) is 4.40. The minimum Gasteiger partial charge on any atom is -0.322 e. The van der Waals surface area contributed by atoms with Gasteiger partial charge in [0.25, 0.3) is 0 Å². The molecule has 1 atom stereocenters. The van der Waals surface area contributed by atoms with Gasteiger partial charge < -0.3 is 9.80 Å². The molecule has 1 aliphatic heterocycles. The van der Waals surface area contributed by atoms with E-state index in [4.69, 9.17) is 0 Å². The quantitative estimate of drug-likeness (QED) is 0.753. The second-order valence-corrected chi connectivity index (χ2v) is 7.11. The van der Waals surface area contributed by atoms with E-state index in [2.05, 4.69) is 39.5 Å². The largest absolute Gasteiger partial charge is 0.323 e. The molecule has 1 aliphatic rings. The molecule has 0 bridgehead atoms. The van der Waals surface area contributed by atoms with Gasteiger partial charge in [-0.25, -0.2) is 4.79 Å². The van der Waals surface area contributed by atoms with Crippen molar-refractivity contribution in [3.05, 3.63) is 36.7 Å². The van der Waals surface area contributed by atoms with E-state index < -0.39 is 0 Å². The van der Waals surface area contributed by atoms with Crippen LogP contribution in [-0.2, 0) is 7.05 Å². The van der Waals surface area contributed by atoms with E-state index in [-0.39, 0.29) is 6.03 Å². The molecule has 3 aromatic rings. The number of hydrogen-bond acceptors (Lipinski definition) is 5. The van der Waals surface area contributed by atoms with Gasteiger partial charge in [-0.2, -0.15) is 5.10 Å². The van der Waals surface area contributed by atoms with Crippen LogP contribution in [-0.4, -0.2) is 68.5 Å². The highest BCUT2D eigenvalue weighted by atomic mass is 16.2. The van der Waals surface area contributed by atoms with Crippen molar-refractivity contribution >= 4 is 22.8 Å². The van der Waals surface area contributed by atoms with Crippen molar-refractivity contribution in [2.24, 2.45) is 7.05 Å². The summed E-state index contributed by atoms with van der Waals surface area (Å²) in [4.78, 5) is 16.6. The molecule has 4 rings (SSSR count). The normalized spacial score (nSPS) is 18.0. The standard InChI is InChI=1S/C19H23N7O/c1-13-11-26(7-6-24(13)2)19(27)21-18-9-15-8-14(4-5-17(15)22-23-18)16-10-20-25(3)12-16/h4-5,8-10,12-13H,6-7,11H2,1-3H3,(H,21,23,27)/t13-/m1/s1. The summed E-state index contributed by atoms with van der Waals surface area (Å²) in [6, 6.07) is 8.03. The van der Waals surface area contributed by atoms with E-state index in [1.807, 2.05) is 48.6 Å². The minimum atomic E-state index is -0.132. The van der Waals surface area contributed by atoms with Crippen molar-refractivity contribution in [1.82, 2.24) is 29.8 Å². The smallest absolute Gasteiger partial charge is 0.322 e. The van der Waals surface area contributed by atoms with E-state index in [1.165, 1.54) is 0 Å². The first-order chi connectivity index (χ1) is 13.0. The number of anilines is 1. The van der Waals surface area contributed by atoms with Gasteiger partial charge in [-0.1, -0.05) is 6.07 Å². The fourth-order valence-corrected chi connectivity index (χ4v) is 3.28. The van der Waals surface area contributed by atoms with Crippen LogP contribution < -0.4 is 5.32 Å². The first kappa shape index (κ1) is 17.4. The zero-order valence-corrected chi connectivity index (χ0v) is 15.8. The molecular formula is C19H23N7O. The number of aromatic nitrogens is 4. The van der Waals surface area contributed by atoms with Gasteiger partial charge in [-0.15, -0.1) is 10.2 Å². The number of aryl methyl sites for hydroxylation is 1. The highest BCUT2D eigenvalue weighted by Crippen LogP contribution is 2.24. The van der Waals surface area contributed by atoms with Crippen molar-refractivity contribution in [1.29, 1.82) is 0 Å². The van der Waals surface area contributed by atoms with Gasteiger partial charge in [0.1, 0.15) is 0 Å². The van der Waals surface area contributed by atoms with E-state index in [0.717, 1.165) is 28.6 Å². The Kier molecular flexibility index (Phi) is 4.49. The fourth-order valence-electron chi connectivity index (χ4n) is 3.28. The molecule has 8 nitrogen and oxygen atoms in total. The Balaban J connectivity index is 1.54. The molecule has 0 saturated carbocycles. The van der Waals surface area contributed by atoms with Crippen molar-refractivity contribution in [3.8, 4) is 11.1 Å². The molecule has 8 heteroatoms. The summed E-state index contributed by atoms with van der Waals surface area (Å²) in [5.41, 5.74) is 2.87. The van der Waals surface area contributed by atoms with Crippen LogP contribution in [0.25, 0.3) is 22.0 Å². The van der Waals surface area contributed by atoms with E-state index in [0.29, 0.717) is 24.9 Å². The zero-order valence-electron chi connectivity index (χ0n) is 15.8. The molecule has 140 valence electrons. The third-order valence-corrected chi connectivity index (χ3v) is 5.11. The van der Waals surface area contributed by atoms with Crippen LogP contribution in [0.1, 0.15) is 6.92 Å². The Bertz CT molecular complexity index is 983. The van der Waals surface area contributed by atoms with Crippen LogP contribution in [0.15, 0.2) is 36.7 Å². The highest BCUT2D eigenvalue weighted by molar-refractivity contribution is 5.91. The van der Waals surface area contributed by atoms with Crippen LogP contribution >= 0.6 is 0 Å². The number of likely N-dealkylation sites (N-methyl/N-ethyl adjacent to an activating group) is 1. The van der Waals surface area contributed by atoms with Crippen LogP contribution in [0.4, 0.5) is 10.6 Å². The maximum Gasteiger partial charge on any atom is 0.323 e. The first-order valence-electron chi connectivity index (χ1n) is 9.02. The molecule has 0 radical (unpaired) electrons. The Morgan fingerprint density at radius 1 is 1.15 bits per heavy atom. The van der Waals surface area contributed by atoms with Crippen LogP contribution in [0, 0.1) is 0 Å². The number of nitrogens with zero attached hydrogens (tertiary/aromatic N) is 6.